The Balaban J connectivity index is 1.20. The molecule has 2 unspecified atom stereocenters. The molecule has 1 saturated carbocycles. The van der Waals surface area contributed by atoms with Gasteiger partial charge in [0.25, 0.3) is 5.91 Å². The fourth-order valence-corrected chi connectivity index (χ4v) is 6.01. The average molecular weight is 504 g/mol. The van der Waals surface area contributed by atoms with Gasteiger partial charge < -0.3 is 14.5 Å². The topological polar surface area (TPSA) is 70.9 Å². The van der Waals surface area contributed by atoms with Gasteiger partial charge in [-0.1, -0.05) is 18.2 Å². The number of hydrogen-bond donors (Lipinski definition) is 0. The summed E-state index contributed by atoms with van der Waals surface area (Å²) in [7, 11) is 0. The molecule has 0 spiro atoms. The van der Waals surface area contributed by atoms with Crippen LogP contribution < -0.4 is 0 Å². The summed E-state index contributed by atoms with van der Waals surface area (Å²) < 4.78 is 47.9. The Morgan fingerprint density at radius 2 is 1.75 bits per heavy atom. The summed E-state index contributed by atoms with van der Waals surface area (Å²) in [6.45, 7) is 4.74. The Morgan fingerprint density at radius 1 is 1.03 bits per heavy atom. The Kier molecular flexibility index (Phi) is 5.60. The van der Waals surface area contributed by atoms with Crippen molar-refractivity contribution in [2.75, 3.05) is 52.5 Å². The predicted molar refractivity (Wildman–Crippen MR) is 122 cm³/mol. The quantitative estimate of drug-likeness (QED) is 0.641. The van der Waals surface area contributed by atoms with Crippen LogP contribution >= 0.6 is 0 Å². The molecule has 4 aliphatic rings. The van der Waals surface area contributed by atoms with Gasteiger partial charge in [-0.25, -0.2) is 4.68 Å². The van der Waals surface area contributed by atoms with Gasteiger partial charge in [0.05, 0.1) is 35.9 Å². The third-order valence-corrected chi connectivity index (χ3v) is 8.32. The number of nitrogens with zero attached hydrogens (tertiary/aromatic N) is 5. The zero-order valence-corrected chi connectivity index (χ0v) is 19.8. The van der Waals surface area contributed by atoms with E-state index in [1.807, 2.05) is 4.90 Å². The number of carbonyl (C=O) groups is 2. The molecule has 0 N–H and O–H groups in total. The molecule has 36 heavy (non-hydrogen) atoms. The van der Waals surface area contributed by atoms with Crippen LogP contribution in [0.3, 0.4) is 0 Å². The zero-order valence-electron chi connectivity index (χ0n) is 19.8. The molecule has 0 radical (unpaired) electrons. The standard InChI is InChI=1S/C25H28F3N5O3/c26-25(27,28)21-20(13-33(29-21)18-4-2-1-3-5-18)22(34)32-12-17-6-7-24(17,16-32)23(35)31-10-8-30(9-11-31)19-14-36-15-19/h1-5,13,17,19H,6-12,14-16H2. The molecule has 1 aromatic heterocycles. The molecule has 6 rings (SSSR count). The maximum absolute atomic E-state index is 13.8. The lowest BCUT2D eigenvalue weighted by Crippen LogP contribution is -2.61. The highest BCUT2D eigenvalue weighted by atomic mass is 19.4. The minimum Gasteiger partial charge on any atom is -0.378 e. The predicted octanol–water partition coefficient (Wildman–Crippen LogP) is 2.29. The molecule has 8 nitrogen and oxygen atoms in total. The number of aromatic nitrogens is 2. The highest BCUT2D eigenvalue weighted by Gasteiger charge is 2.60. The summed E-state index contributed by atoms with van der Waals surface area (Å²) in [6, 6.07) is 8.82. The number of benzene rings is 1. The van der Waals surface area contributed by atoms with E-state index in [1.165, 1.54) is 4.90 Å². The van der Waals surface area contributed by atoms with Gasteiger partial charge in [0.2, 0.25) is 5.91 Å². The molecule has 1 aromatic carbocycles. The van der Waals surface area contributed by atoms with Gasteiger partial charge in [0, 0.05) is 45.5 Å². The first-order valence-electron chi connectivity index (χ1n) is 12.4. The van der Waals surface area contributed by atoms with E-state index in [9.17, 15) is 22.8 Å². The minimum absolute atomic E-state index is 0.0227. The van der Waals surface area contributed by atoms with Gasteiger partial charge >= 0.3 is 6.18 Å². The van der Waals surface area contributed by atoms with Gasteiger partial charge in [-0.05, 0) is 30.9 Å². The molecule has 0 bridgehead atoms. The SMILES string of the molecule is O=C(c1cn(-c2ccccc2)nc1C(F)(F)F)N1CC2CCC2(C(=O)N2CCN(C3COC3)CC2)C1. The summed E-state index contributed by atoms with van der Waals surface area (Å²) in [5, 5.41) is 3.71. The van der Waals surface area contributed by atoms with E-state index in [-0.39, 0.29) is 24.9 Å². The van der Waals surface area contributed by atoms with Gasteiger partial charge in [0.15, 0.2) is 5.69 Å². The van der Waals surface area contributed by atoms with Gasteiger partial charge in [0.1, 0.15) is 0 Å². The third-order valence-electron chi connectivity index (χ3n) is 8.32. The lowest BCUT2D eigenvalue weighted by molar-refractivity contribution is -0.153. The van der Waals surface area contributed by atoms with Crippen molar-refractivity contribution in [3.05, 3.63) is 47.8 Å². The number of piperazine rings is 1. The normalized spacial score (nSPS) is 26.9. The molecule has 4 heterocycles. The smallest absolute Gasteiger partial charge is 0.378 e. The number of carbonyl (C=O) groups excluding carboxylic acids is 2. The number of para-hydroxylation sites is 1. The number of rotatable bonds is 4. The van der Waals surface area contributed by atoms with Crippen molar-refractivity contribution in [2.24, 2.45) is 11.3 Å². The van der Waals surface area contributed by atoms with Crippen molar-refractivity contribution >= 4 is 11.8 Å². The molecule has 3 saturated heterocycles. The zero-order chi connectivity index (χ0) is 25.1. The van der Waals surface area contributed by atoms with Crippen molar-refractivity contribution in [1.82, 2.24) is 24.5 Å². The number of alkyl halides is 3. The van der Waals surface area contributed by atoms with Crippen molar-refractivity contribution in [3.8, 4) is 5.69 Å². The van der Waals surface area contributed by atoms with Crippen LogP contribution in [0.5, 0.6) is 0 Å². The van der Waals surface area contributed by atoms with Crippen molar-refractivity contribution in [3.63, 3.8) is 0 Å². The molecular formula is C25H28F3N5O3. The van der Waals surface area contributed by atoms with Crippen molar-refractivity contribution < 1.29 is 27.5 Å². The van der Waals surface area contributed by atoms with Crippen LogP contribution in [-0.2, 0) is 15.7 Å². The van der Waals surface area contributed by atoms with E-state index in [4.69, 9.17) is 4.74 Å². The maximum Gasteiger partial charge on any atom is 0.435 e. The molecule has 2 aromatic rings. The van der Waals surface area contributed by atoms with Crippen LogP contribution in [0.25, 0.3) is 5.69 Å². The lowest BCUT2D eigenvalue weighted by Gasteiger charge is -2.48. The maximum atomic E-state index is 13.8. The number of fused-ring (bicyclic) bond motifs is 1. The van der Waals surface area contributed by atoms with Crippen LogP contribution in [0.15, 0.2) is 36.5 Å². The Labute approximate surface area is 206 Å². The first kappa shape index (κ1) is 23.5. The molecule has 3 aliphatic heterocycles. The largest absolute Gasteiger partial charge is 0.435 e. The fourth-order valence-electron chi connectivity index (χ4n) is 6.01. The second-order valence-corrected chi connectivity index (χ2v) is 10.3. The summed E-state index contributed by atoms with van der Waals surface area (Å²) in [5.74, 6) is -0.707. The Hall–Kier alpha value is -2.92. The number of hydrogen-bond acceptors (Lipinski definition) is 5. The van der Waals surface area contributed by atoms with E-state index in [0.717, 1.165) is 43.6 Å². The molecule has 4 fully saturated rings. The Morgan fingerprint density at radius 3 is 2.33 bits per heavy atom. The number of likely N-dealkylation sites (tertiary alicyclic amines) is 1. The Bertz CT molecular complexity index is 1160. The fraction of sp³-hybridized carbons (Fsp3) is 0.560. The second kappa shape index (κ2) is 8.58. The monoisotopic (exact) mass is 503 g/mol. The molecule has 11 heteroatoms. The molecule has 192 valence electrons. The van der Waals surface area contributed by atoms with E-state index in [2.05, 4.69) is 10.00 Å². The van der Waals surface area contributed by atoms with E-state index >= 15 is 0 Å². The van der Waals surface area contributed by atoms with Gasteiger partial charge in [-0.15, -0.1) is 0 Å². The molecular weight excluding hydrogens is 475 g/mol. The third kappa shape index (κ3) is 3.80. The number of amides is 2. The molecule has 2 amide bonds. The van der Waals surface area contributed by atoms with Crippen molar-refractivity contribution in [1.29, 1.82) is 0 Å². The summed E-state index contributed by atoms with van der Waals surface area (Å²) >= 11 is 0. The van der Waals surface area contributed by atoms with Crippen LogP contribution in [0.4, 0.5) is 13.2 Å². The summed E-state index contributed by atoms with van der Waals surface area (Å²) in [4.78, 5) is 32.7. The summed E-state index contributed by atoms with van der Waals surface area (Å²) in [6.07, 6.45) is -2.17. The van der Waals surface area contributed by atoms with Crippen molar-refractivity contribution in [2.45, 2.75) is 25.1 Å². The highest BCUT2D eigenvalue weighted by molar-refractivity contribution is 5.97. The number of ether oxygens (including phenoxy) is 1. The van der Waals surface area contributed by atoms with E-state index < -0.39 is 28.8 Å². The molecule has 1 aliphatic carbocycles. The summed E-state index contributed by atoms with van der Waals surface area (Å²) in [5.41, 5.74) is -1.94. The van der Waals surface area contributed by atoms with Crippen LogP contribution in [0.2, 0.25) is 0 Å². The average Bonchev–Trinajstić information content (AvgIpc) is 3.39. The first-order valence-corrected chi connectivity index (χ1v) is 12.4. The van der Waals surface area contributed by atoms with E-state index in [0.29, 0.717) is 31.2 Å². The van der Waals surface area contributed by atoms with Gasteiger partial charge in [-0.2, -0.15) is 18.3 Å². The van der Waals surface area contributed by atoms with Crippen LogP contribution in [0.1, 0.15) is 28.9 Å². The van der Waals surface area contributed by atoms with E-state index in [1.54, 1.807) is 30.3 Å². The number of halogens is 3. The van der Waals surface area contributed by atoms with Crippen LogP contribution in [-0.4, -0.2) is 94.8 Å². The highest BCUT2D eigenvalue weighted by Crippen LogP contribution is 2.53. The van der Waals surface area contributed by atoms with Gasteiger partial charge in [-0.3, -0.25) is 14.5 Å². The second-order valence-electron chi connectivity index (χ2n) is 10.3. The lowest BCUT2D eigenvalue weighted by atomic mass is 9.61. The molecule has 2 atom stereocenters. The minimum atomic E-state index is -4.78. The van der Waals surface area contributed by atoms with Crippen LogP contribution in [0, 0.1) is 11.3 Å². The first-order chi connectivity index (χ1) is 17.3.